The van der Waals surface area contributed by atoms with Crippen LogP contribution in [0.3, 0.4) is 0 Å². The van der Waals surface area contributed by atoms with Crippen molar-refractivity contribution < 1.29 is 35.9 Å². The molecular formula is C32H32F6N2O2. The van der Waals surface area contributed by atoms with Gasteiger partial charge in [-0.3, -0.25) is 9.59 Å². The van der Waals surface area contributed by atoms with Gasteiger partial charge >= 0.3 is 12.4 Å². The largest absolute Gasteiger partial charge is 0.416 e. The van der Waals surface area contributed by atoms with Crippen LogP contribution in [0.4, 0.5) is 26.3 Å². The lowest BCUT2D eigenvalue weighted by Crippen LogP contribution is -2.38. The van der Waals surface area contributed by atoms with Crippen LogP contribution >= 0.6 is 0 Å². The van der Waals surface area contributed by atoms with Crippen molar-refractivity contribution in [1.29, 1.82) is 0 Å². The van der Waals surface area contributed by atoms with Crippen LogP contribution in [-0.4, -0.2) is 35.8 Å². The van der Waals surface area contributed by atoms with E-state index in [0.717, 1.165) is 59.8 Å². The van der Waals surface area contributed by atoms with Crippen LogP contribution in [0.25, 0.3) is 10.8 Å². The minimum Gasteiger partial charge on any atom is -0.350 e. The molecule has 1 saturated carbocycles. The second-order valence-corrected chi connectivity index (χ2v) is 10.7. The zero-order valence-electron chi connectivity index (χ0n) is 23.1. The van der Waals surface area contributed by atoms with Crippen LogP contribution in [0.5, 0.6) is 0 Å². The Bertz CT molecular complexity index is 1410. The quantitative estimate of drug-likeness (QED) is 0.173. The molecule has 4 rings (SSSR count). The van der Waals surface area contributed by atoms with E-state index in [9.17, 15) is 35.9 Å². The van der Waals surface area contributed by atoms with E-state index in [1.54, 1.807) is 0 Å². The molecule has 1 aliphatic carbocycles. The number of amides is 2. The number of nitrogens with one attached hydrogen (secondary N) is 1. The van der Waals surface area contributed by atoms with Gasteiger partial charge in [0.25, 0.3) is 5.91 Å². The molecule has 3 aromatic rings. The molecule has 42 heavy (non-hydrogen) atoms. The van der Waals surface area contributed by atoms with Crippen molar-refractivity contribution in [3.8, 4) is 0 Å². The summed E-state index contributed by atoms with van der Waals surface area (Å²) in [5.74, 6) is -1.41. The summed E-state index contributed by atoms with van der Waals surface area (Å²) < 4.78 is 80.7. The predicted octanol–water partition coefficient (Wildman–Crippen LogP) is 7.96. The first kappa shape index (κ1) is 31.1. The lowest BCUT2D eigenvalue weighted by atomic mass is 9.99. The van der Waals surface area contributed by atoms with Gasteiger partial charge in [-0.2, -0.15) is 26.3 Å². The Morgan fingerprint density at radius 2 is 1.45 bits per heavy atom. The third-order valence-corrected chi connectivity index (χ3v) is 7.58. The van der Waals surface area contributed by atoms with Crippen molar-refractivity contribution in [1.82, 2.24) is 10.2 Å². The number of nitrogens with zero attached hydrogens (tertiary/aromatic N) is 1. The van der Waals surface area contributed by atoms with Gasteiger partial charge in [0.15, 0.2) is 0 Å². The number of hydrogen-bond donors (Lipinski definition) is 1. The van der Waals surface area contributed by atoms with Gasteiger partial charge in [0.2, 0.25) is 5.91 Å². The Kier molecular flexibility index (Phi) is 9.64. The standard InChI is InChI=1S/C32H32F6N2O2/c1-40(30(42)24-18-25(31(33,34)35)20-26(19-24)32(36,37)38)28(14-15-29(41)39-27-10-4-2-3-5-11-27)17-21-12-13-22-8-6-7-9-23(22)16-21/h6-9,12-16,18-20,27-28H,2-5,10-11,17H2,1H3,(H,39,41). The second kappa shape index (κ2) is 13.0. The van der Waals surface area contributed by atoms with Gasteiger partial charge in [-0.15, -0.1) is 0 Å². The molecular weight excluding hydrogens is 558 g/mol. The molecule has 1 fully saturated rings. The molecule has 0 saturated heterocycles. The van der Waals surface area contributed by atoms with Crippen molar-refractivity contribution in [3.05, 3.63) is 95.1 Å². The molecule has 1 atom stereocenters. The fraction of sp³-hybridized carbons (Fsp3) is 0.375. The molecule has 0 bridgehead atoms. The maximum Gasteiger partial charge on any atom is 0.416 e. The van der Waals surface area contributed by atoms with Crippen molar-refractivity contribution in [2.24, 2.45) is 0 Å². The molecule has 4 nitrogen and oxygen atoms in total. The molecule has 0 aromatic heterocycles. The molecule has 3 aromatic carbocycles. The van der Waals surface area contributed by atoms with E-state index >= 15 is 0 Å². The number of benzene rings is 3. The Morgan fingerprint density at radius 1 is 0.857 bits per heavy atom. The number of hydrogen-bond acceptors (Lipinski definition) is 2. The first-order chi connectivity index (χ1) is 19.8. The minimum atomic E-state index is -5.09. The maximum atomic E-state index is 13.5. The van der Waals surface area contributed by atoms with E-state index in [2.05, 4.69) is 5.32 Å². The summed E-state index contributed by atoms with van der Waals surface area (Å²) in [6, 6.07) is 13.2. The van der Waals surface area contributed by atoms with E-state index < -0.39 is 41.0 Å². The fourth-order valence-electron chi connectivity index (χ4n) is 5.25. The highest BCUT2D eigenvalue weighted by Crippen LogP contribution is 2.36. The normalized spacial score (nSPS) is 15.9. The van der Waals surface area contributed by atoms with Crippen LogP contribution in [0, 0.1) is 0 Å². The maximum absolute atomic E-state index is 13.5. The van der Waals surface area contributed by atoms with E-state index in [1.165, 1.54) is 19.2 Å². The summed E-state index contributed by atoms with van der Waals surface area (Å²) in [5, 5.41) is 4.87. The van der Waals surface area contributed by atoms with Crippen LogP contribution in [-0.2, 0) is 23.6 Å². The SMILES string of the molecule is CN(C(=O)c1cc(C(F)(F)F)cc(C(F)(F)F)c1)C(C=CC(=O)NC1CCCCCC1)Cc1ccc2ccccc2c1. The third-order valence-electron chi connectivity index (χ3n) is 7.58. The molecule has 0 spiro atoms. The summed E-state index contributed by atoms with van der Waals surface area (Å²) >= 11 is 0. The first-order valence-corrected chi connectivity index (χ1v) is 13.8. The van der Waals surface area contributed by atoms with Gasteiger partial charge in [-0.05, 0) is 53.8 Å². The highest BCUT2D eigenvalue weighted by Gasteiger charge is 2.38. The van der Waals surface area contributed by atoms with Gasteiger partial charge in [-0.25, -0.2) is 0 Å². The predicted molar refractivity (Wildman–Crippen MR) is 149 cm³/mol. The minimum absolute atomic E-state index is 0.0128. The van der Waals surface area contributed by atoms with Gasteiger partial charge in [0, 0.05) is 24.7 Å². The fourth-order valence-corrected chi connectivity index (χ4v) is 5.25. The van der Waals surface area contributed by atoms with E-state index in [-0.39, 0.29) is 24.4 Å². The second-order valence-electron chi connectivity index (χ2n) is 10.7. The summed E-state index contributed by atoms with van der Waals surface area (Å²) in [5.41, 5.74) is -3.12. The Morgan fingerprint density at radius 3 is 2.05 bits per heavy atom. The van der Waals surface area contributed by atoms with E-state index in [4.69, 9.17) is 0 Å². The van der Waals surface area contributed by atoms with Crippen LogP contribution in [0.2, 0.25) is 0 Å². The Balaban J connectivity index is 1.64. The number of alkyl halides is 6. The van der Waals surface area contributed by atoms with Gasteiger partial charge in [0.05, 0.1) is 17.2 Å². The molecule has 0 heterocycles. The number of halogens is 6. The van der Waals surface area contributed by atoms with Crippen molar-refractivity contribution in [3.63, 3.8) is 0 Å². The molecule has 1 N–H and O–H groups in total. The molecule has 1 unspecified atom stereocenters. The molecule has 1 aliphatic rings. The summed E-state index contributed by atoms with van der Waals surface area (Å²) in [7, 11) is 1.30. The zero-order valence-corrected chi connectivity index (χ0v) is 23.1. The molecule has 224 valence electrons. The molecule has 2 amide bonds. The molecule has 0 aliphatic heterocycles. The highest BCUT2D eigenvalue weighted by molar-refractivity contribution is 5.95. The zero-order chi connectivity index (χ0) is 30.5. The number of carbonyl (C=O) groups excluding carboxylic acids is 2. The van der Waals surface area contributed by atoms with Crippen LogP contribution in [0.1, 0.15) is 65.6 Å². The van der Waals surface area contributed by atoms with Gasteiger partial charge in [0.1, 0.15) is 0 Å². The molecule has 0 radical (unpaired) electrons. The smallest absolute Gasteiger partial charge is 0.350 e. The highest BCUT2D eigenvalue weighted by atomic mass is 19.4. The number of rotatable bonds is 7. The average Bonchev–Trinajstić information content (AvgIpc) is 3.21. The Hall–Kier alpha value is -3.82. The van der Waals surface area contributed by atoms with Crippen LogP contribution in [0.15, 0.2) is 72.8 Å². The lowest BCUT2D eigenvalue weighted by molar-refractivity contribution is -0.143. The average molecular weight is 591 g/mol. The van der Waals surface area contributed by atoms with Gasteiger partial charge in [-0.1, -0.05) is 74.2 Å². The Labute approximate surface area is 240 Å². The lowest BCUT2D eigenvalue weighted by Gasteiger charge is -2.27. The number of likely N-dealkylation sites (N-methyl/N-ethyl adjacent to an activating group) is 1. The van der Waals surface area contributed by atoms with Crippen molar-refractivity contribution in [2.45, 2.75) is 69.4 Å². The molecule has 10 heteroatoms. The monoisotopic (exact) mass is 590 g/mol. The topological polar surface area (TPSA) is 49.4 Å². The summed E-state index contributed by atoms with van der Waals surface area (Å²) in [4.78, 5) is 27.2. The first-order valence-electron chi connectivity index (χ1n) is 13.8. The van der Waals surface area contributed by atoms with Gasteiger partial charge < -0.3 is 10.2 Å². The summed E-state index contributed by atoms with van der Waals surface area (Å²) in [6.07, 6.45) is -1.31. The van der Waals surface area contributed by atoms with E-state index in [1.807, 2.05) is 42.5 Å². The van der Waals surface area contributed by atoms with Crippen molar-refractivity contribution in [2.75, 3.05) is 7.05 Å². The number of fused-ring (bicyclic) bond motifs is 1. The van der Waals surface area contributed by atoms with Crippen LogP contribution < -0.4 is 5.32 Å². The third kappa shape index (κ3) is 8.14. The summed E-state index contributed by atoms with van der Waals surface area (Å²) in [6.45, 7) is 0. The van der Waals surface area contributed by atoms with Crippen molar-refractivity contribution >= 4 is 22.6 Å². The van der Waals surface area contributed by atoms with E-state index in [0.29, 0.717) is 12.1 Å². The number of carbonyl (C=O) groups is 2.